The van der Waals surface area contributed by atoms with Crippen molar-refractivity contribution in [2.75, 3.05) is 6.54 Å². The summed E-state index contributed by atoms with van der Waals surface area (Å²) in [4.78, 5) is 44.1. The Morgan fingerprint density at radius 3 is 2.21 bits per heavy atom. The Balaban J connectivity index is 1.55. The summed E-state index contributed by atoms with van der Waals surface area (Å²) in [6.07, 6.45) is 1.44. The highest BCUT2D eigenvalue weighted by Gasteiger charge is 2.37. The summed E-state index contributed by atoms with van der Waals surface area (Å²) in [7, 11) is 0. The normalized spacial score (nSPS) is 20.4. The van der Waals surface area contributed by atoms with Crippen molar-refractivity contribution < 1.29 is 19.5 Å². The summed E-state index contributed by atoms with van der Waals surface area (Å²) in [5, 5.41) is 10.9. The molecular weight excluding hydrogens is 416 g/mol. The third-order valence-corrected chi connectivity index (χ3v) is 6.19. The molecule has 1 aliphatic heterocycles. The number of fused-ring (bicyclic) bond motifs is 1. The number of benzene rings is 2. The van der Waals surface area contributed by atoms with E-state index >= 15 is 0 Å². The number of amides is 2. The molecule has 2 amide bonds. The van der Waals surface area contributed by atoms with Gasteiger partial charge < -0.3 is 5.11 Å². The van der Waals surface area contributed by atoms with Crippen LogP contribution in [0.3, 0.4) is 0 Å². The van der Waals surface area contributed by atoms with Crippen LogP contribution in [0.15, 0.2) is 64.9 Å². The van der Waals surface area contributed by atoms with E-state index in [1.807, 2.05) is 45.0 Å². The molecule has 0 unspecified atom stereocenters. The Bertz CT molecular complexity index is 1170. The molecule has 2 aromatic rings. The molecule has 6 nitrogen and oxygen atoms in total. The minimum absolute atomic E-state index is 0.0283. The predicted octanol–water partition coefficient (Wildman–Crippen LogP) is 5.35. The van der Waals surface area contributed by atoms with Crippen molar-refractivity contribution in [3.05, 3.63) is 76.6 Å². The molecule has 4 rings (SSSR count). The number of para-hydroxylation sites is 1. The third-order valence-electron chi connectivity index (χ3n) is 6.19. The fourth-order valence-corrected chi connectivity index (χ4v) is 4.52. The number of aryl methyl sites for hydroxylation is 1. The molecular formula is C27H28N2O4. The summed E-state index contributed by atoms with van der Waals surface area (Å²) in [5.41, 5.74) is 3.19. The topological polar surface area (TPSA) is 87.0 Å². The lowest BCUT2D eigenvalue weighted by Gasteiger charge is -2.31. The Hall–Kier alpha value is -3.54. The van der Waals surface area contributed by atoms with Crippen molar-refractivity contribution in [1.29, 1.82) is 0 Å². The number of aliphatic imine (C=N–C) groups is 1. The number of hydrogen-bond acceptors (Lipinski definition) is 5. The van der Waals surface area contributed by atoms with E-state index in [0.717, 1.165) is 11.3 Å². The van der Waals surface area contributed by atoms with Crippen molar-refractivity contribution in [3.8, 4) is 0 Å². The van der Waals surface area contributed by atoms with Crippen LogP contribution in [-0.2, 0) is 4.79 Å². The highest BCUT2D eigenvalue weighted by Crippen LogP contribution is 2.37. The van der Waals surface area contributed by atoms with Gasteiger partial charge in [-0.25, -0.2) is 0 Å². The van der Waals surface area contributed by atoms with Gasteiger partial charge in [-0.2, -0.15) is 0 Å². The van der Waals surface area contributed by atoms with E-state index in [4.69, 9.17) is 4.99 Å². The highest BCUT2D eigenvalue weighted by molar-refractivity contribution is 6.25. The highest BCUT2D eigenvalue weighted by atomic mass is 16.3. The van der Waals surface area contributed by atoms with E-state index in [1.54, 1.807) is 24.3 Å². The molecule has 0 saturated heterocycles. The molecule has 1 saturated carbocycles. The summed E-state index contributed by atoms with van der Waals surface area (Å²) in [6.45, 7) is 6.18. The summed E-state index contributed by atoms with van der Waals surface area (Å²) < 4.78 is 0. The minimum atomic E-state index is -0.319. The van der Waals surface area contributed by atoms with E-state index in [9.17, 15) is 19.5 Å². The van der Waals surface area contributed by atoms with Crippen molar-refractivity contribution in [1.82, 2.24) is 4.90 Å². The van der Waals surface area contributed by atoms with E-state index in [-0.39, 0.29) is 47.3 Å². The maximum atomic E-state index is 13.0. The summed E-state index contributed by atoms with van der Waals surface area (Å²) >= 11 is 0. The molecule has 170 valence electrons. The zero-order valence-electron chi connectivity index (χ0n) is 19.2. The van der Waals surface area contributed by atoms with Crippen LogP contribution >= 0.6 is 0 Å². The molecule has 0 spiro atoms. The number of allylic oxidation sites excluding steroid dienone is 2. The van der Waals surface area contributed by atoms with Gasteiger partial charge >= 0.3 is 0 Å². The Kier molecular flexibility index (Phi) is 6.02. The van der Waals surface area contributed by atoms with Gasteiger partial charge in [0, 0.05) is 19.4 Å². The van der Waals surface area contributed by atoms with Gasteiger partial charge in [0.1, 0.15) is 5.76 Å². The average molecular weight is 445 g/mol. The quantitative estimate of drug-likeness (QED) is 0.383. The standard InChI is InChI=1S/C27H28N2O4/c1-17-9-4-7-12-20(17)28-21-15-27(2,3)16-23(31)24(21)22(30)13-8-14-29-25(32)18-10-5-6-11-19(18)26(29)33/h4-7,9-12,30H,8,13-16H2,1-3H3. The number of ketones is 1. The molecule has 33 heavy (non-hydrogen) atoms. The van der Waals surface area contributed by atoms with Crippen molar-refractivity contribution in [3.63, 3.8) is 0 Å². The molecule has 1 N–H and O–H groups in total. The predicted molar refractivity (Wildman–Crippen MR) is 127 cm³/mol. The molecule has 1 heterocycles. The van der Waals surface area contributed by atoms with Crippen molar-refractivity contribution >= 4 is 29.0 Å². The number of aliphatic hydroxyl groups is 1. The fraction of sp³-hybridized carbons (Fsp3) is 0.333. The number of rotatable bonds is 5. The molecule has 2 aromatic carbocycles. The lowest BCUT2D eigenvalue weighted by molar-refractivity contribution is -0.117. The SMILES string of the molecule is Cc1ccccc1N=C1CC(C)(C)CC(=O)C1=C(O)CCCN1C(=O)c2ccccc2C1=O. The first-order valence-electron chi connectivity index (χ1n) is 11.2. The lowest BCUT2D eigenvalue weighted by atomic mass is 9.73. The third kappa shape index (κ3) is 4.51. The molecule has 0 aromatic heterocycles. The molecule has 2 aliphatic rings. The molecule has 0 bridgehead atoms. The van der Waals surface area contributed by atoms with Crippen LogP contribution in [0.25, 0.3) is 0 Å². The Morgan fingerprint density at radius 1 is 0.970 bits per heavy atom. The van der Waals surface area contributed by atoms with Crippen LogP contribution in [0.1, 0.15) is 65.8 Å². The smallest absolute Gasteiger partial charge is 0.261 e. The number of carbonyl (C=O) groups is 3. The van der Waals surface area contributed by atoms with Crippen LogP contribution in [0.4, 0.5) is 5.69 Å². The molecule has 1 aliphatic carbocycles. The number of carbonyl (C=O) groups excluding carboxylic acids is 3. The van der Waals surface area contributed by atoms with Crippen LogP contribution in [0.2, 0.25) is 0 Å². The van der Waals surface area contributed by atoms with E-state index in [2.05, 4.69) is 0 Å². The second kappa shape index (κ2) is 8.77. The van der Waals surface area contributed by atoms with Gasteiger partial charge in [0.05, 0.1) is 28.1 Å². The van der Waals surface area contributed by atoms with Crippen LogP contribution in [0.5, 0.6) is 0 Å². The van der Waals surface area contributed by atoms with Crippen molar-refractivity contribution in [2.24, 2.45) is 10.4 Å². The van der Waals surface area contributed by atoms with Crippen molar-refractivity contribution in [2.45, 2.75) is 46.5 Å². The first-order chi connectivity index (χ1) is 15.7. The van der Waals surface area contributed by atoms with Crippen LogP contribution < -0.4 is 0 Å². The molecule has 6 heteroatoms. The fourth-order valence-electron chi connectivity index (χ4n) is 4.52. The summed E-state index contributed by atoms with van der Waals surface area (Å²) in [5.74, 6) is -0.795. The van der Waals surface area contributed by atoms with Gasteiger partial charge in [0.25, 0.3) is 11.8 Å². The van der Waals surface area contributed by atoms with Crippen LogP contribution in [0, 0.1) is 12.3 Å². The van der Waals surface area contributed by atoms with Gasteiger partial charge in [-0.05, 0) is 48.9 Å². The zero-order valence-corrected chi connectivity index (χ0v) is 19.2. The van der Waals surface area contributed by atoms with E-state index in [0.29, 0.717) is 36.1 Å². The van der Waals surface area contributed by atoms with Gasteiger partial charge in [-0.15, -0.1) is 0 Å². The largest absolute Gasteiger partial charge is 0.511 e. The Labute approximate surface area is 193 Å². The van der Waals surface area contributed by atoms with Gasteiger partial charge in [-0.3, -0.25) is 24.3 Å². The first kappa shape index (κ1) is 22.6. The zero-order chi connectivity index (χ0) is 23.8. The molecule has 0 radical (unpaired) electrons. The van der Waals surface area contributed by atoms with E-state index in [1.165, 1.54) is 4.90 Å². The summed E-state index contributed by atoms with van der Waals surface area (Å²) in [6, 6.07) is 14.4. The number of aliphatic hydroxyl groups excluding tert-OH is 1. The second-order valence-electron chi connectivity index (χ2n) is 9.52. The lowest BCUT2D eigenvalue weighted by Crippen LogP contribution is -2.33. The number of nitrogens with zero attached hydrogens (tertiary/aromatic N) is 2. The minimum Gasteiger partial charge on any atom is -0.511 e. The maximum absolute atomic E-state index is 13.0. The maximum Gasteiger partial charge on any atom is 0.261 e. The molecule has 0 atom stereocenters. The number of imide groups is 1. The number of hydrogen-bond donors (Lipinski definition) is 1. The first-order valence-corrected chi connectivity index (χ1v) is 11.2. The van der Waals surface area contributed by atoms with Gasteiger partial charge in [-0.1, -0.05) is 44.2 Å². The number of Topliss-reactive ketones (excluding diaryl/α,β-unsaturated/α-hetero) is 1. The van der Waals surface area contributed by atoms with Gasteiger partial charge in [0.15, 0.2) is 5.78 Å². The van der Waals surface area contributed by atoms with Crippen LogP contribution in [-0.4, -0.2) is 39.9 Å². The Morgan fingerprint density at radius 2 is 1.58 bits per heavy atom. The van der Waals surface area contributed by atoms with E-state index < -0.39 is 0 Å². The molecule has 1 fully saturated rings. The second-order valence-corrected chi connectivity index (χ2v) is 9.52. The van der Waals surface area contributed by atoms with Gasteiger partial charge in [0.2, 0.25) is 0 Å². The average Bonchev–Trinajstić information content (AvgIpc) is 2.99. The monoisotopic (exact) mass is 444 g/mol.